The predicted octanol–water partition coefficient (Wildman–Crippen LogP) is 1.31. The fourth-order valence-electron chi connectivity index (χ4n) is 0.675. The van der Waals surface area contributed by atoms with Crippen LogP contribution in [0, 0.1) is 0 Å². The summed E-state index contributed by atoms with van der Waals surface area (Å²) in [5.41, 5.74) is -0.294. The van der Waals surface area contributed by atoms with Crippen LogP contribution in [0.4, 0.5) is 0 Å². The smallest absolute Gasteiger partial charge is 0.290 e. The average molecular weight is 183 g/mol. The second-order valence-electron chi connectivity index (χ2n) is 2.16. The number of aromatic hydroxyl groups is 1. The van der Waals surface area contributed by atoms with E-state index in [0.29, 0.717) is 5.56 Å². The van der Waals surface area contributed by atoms with Crippen molar-refractivity contribution in [1.29, 1.82) is 0 Å². The summed E-state index contributed by atoms with van der Waals surface area (Å²) < 4.78 is 0. The van der Waals surface area contributed by atoms with E-state index in [1.165, 1.54) is 13.1 Å². The molecule has 0 aliphatic carbocycles. The van der Waals surface area contributed by atoms with Crippen molar-refractivity contribution in [3.63, 3.8) is 0 Å². The third-order valence-corrected chi connectivity index (χ3v) is 1.29. The van der Waals surface area contributed by atoms with Crippen LogP contribution in [0.15, 0.2) is 17.1 Å². The zero-order valence-electron chi connectivity index (χ0n) is 7.92. The van der Waals surface area contributed by atoms with Crippen LogP contribution in [-0.4, -0.2) is 15.9 Å². The molecule has 0 aliphatic rings. The van der Waals surface area contributed by atoms with Gasteiger partial charge in [0.2, 0.25) is 0 Å². The van der Waals surface area contributed by atoms with E-state index in [9.17, 15) is 9.59 Å². The highest BCUT2D eigenvalue weighted by molar-refractivity contribution is 5.93. The number of Topliss-reactive ketones (excluding diaryl/α,β-unsaturated/α-hetero) is 1. The summed E-state index contributed by atoms with van der Waals surface area (Å²) in [6.07, 6.45) is 1.27. The Morgan fingerprint density at radius 1 is 1.46 bits per heavy atom. The number of aromatic nitrogens is 1. The van der Waals surface area contributed by atoms with Gasteiger partial charge in [-0.2, -0.15) is 0 Å². The van der Waals surface area contributed by atoms with Crippen molar-refractivity contribution in [3.05, 3.63) is 28.2 Å². The molecule has 0 aliphatic heterocycles. The number of pyridine rings is 1. The average Bonchev–Trinajstić information content (AvgIpc) is 2.13. The van der Waals surface area contributed by atoms with E-state index >= 15 is 0 Å². The van der Waals surface area contributed by atoms with E-state index < -0.39 is 11.3 Å². The molecular formula is C9H13NO3. The van der Waals surface area contributed by atoms with Crippen LogP contribution < -0.4 is 5.56 Å². The maximum atomic E-state index is 10.7. The standard InChI is InChI=1S/C7H7NO3.C2H6/c1-4(9)5-2-6(10)7(11)8-3-5;1-2/h2-3,10H,1H3,(H,8,11);1-2H3. The lowest BCUT2D eigenvalue weighted by atomic mass is 10.2. The quantitative estimate of drug-likeness (QED) is 0.645. The molecule has 0 atom stereocenters. The van der Waals surface area contributed by atoms with Gasteiger partial charge in [-0.25, -0.2) is 0 Å². The van der Waals surface area contributed by atoms with Crippen LogP contribution >= 0.6 is 0 Å². The molecule has 1 aromatic rings. The third-order valence-electron chi connectivity index (χ3n) is 1.29. The molecule has 0 unspecified atom stereocenters. The van der Waals surface area contributed by atoms with Crippen LogP contribution in [0.1, 0.15) is 31.1 Å². The zero-order chi connectivity index (χ0) is 10.4. The van der Waals surface area contributed by atoms with Crippen LogP contribution in [0.3, 0.4) is 0 Å². The molecule has 0 bridgehead atoms. The summed E-state index contributed by atoms with van der Waals surface area (Å²) in [7, 11) is 0. The number of hydrogen-bond donors (Lipinski definition) is 2. The number of rotatable bonds is 1. The molecule has 13 heavy (non-hydrogen) atoms. The highest BCUT2D eigenvalue weighted by atomic mass is 16.3. The van der Waals surface area contributed by atoms with Gasteiger partial charge >= 0.3 is 0 Å². The third kappa shape index (κ3) is 3.11. The van der Waals surface area contributed by atoms with Crippen molar-refractivity contribution < 1.29 is 9.90 Å². The zero-order valence-corrected chi connectivity index (χ0v) is 7.92. The molecule has 1 aromatic heterocycles. The van der Waals surface area contributed by atoms with Crippen molar-refractivity contribution in [3.8, 4) is 5.75 Å². The number of nitrogens with one attached hydrogen (secondary N) is 1. The van der Waals surface area contributed by atoms with E-state index in [1.54, 1.807) is 0 Å². The van der Waals surface area contributed by atoms with Crippen molar-refractivity contribution >= 4 is 5.78 Å². The number of aromatic amines is 1. The molecule has 0 saturated carbocycles. The van der Waals surface area contributed by atoms with E-state index in [2.05, 4.69) is 4.98 Å². The Morgan fingerprint density at radius 2 is 2.00 bits per heavy atom. The lowest BCUT2D eigenvalue weighted by molar-refractivity contribution is 0.101. The van der Waals surface area contributed by atoms with Gasteiger partial charge in [0.1, 0.15) is 0 Å². The first-order valence-corrected chi connectivity index (χ1v) is 4.04. The fraction of sp³-hybridized carbons (Fsp3) is 0.333. The van der Waals surface area contributed by atoms with Crippen LogP contribution in [0.25, 0.3) is 0 Å². The van der Waals surface area contributed by atoms with Crippen LogP contribution in [0.2, 0.25) is 0 Å². The minimum absolute atomic E-state index is 0.198. The minimum atomic E-state index is -0.588. The van der Waals surface area contributed by atoms with Crippen LogP contribution in [0.5, 0.6) is 5.75 Å². The van der Waals surface area contributed by atoms with Crippen molar-refractivity contribution in [2.75, 3.05) is 0 Å². The lowest BCUT2D eigenvalue weighted by Crippen LogP contribution is -2.06. The Bertz CT molecular complexity index is 341. The summed E-state index contributed by atoms with van der Waals surface area (Å²) in [5, 5.41) is 8.85. The Balaban J connectivity index is 0.000000671. The predicted molar refractivity (Wildman–Crippen MR) is 50.1 cm³/mol. The van der Waals surface area contributed by atoms with E-state index in [0.717, 1.165) is 6.07 Å². The van der Waals surface area contributed by atoms with E-state index in [4.69, 9.17) is 5.11 Å². The summed E-state index contributed by atoms with van der Waals surface area (Å²) >= 11 is 0. The van der Waals surface area contributed by atoms with Crippen molar-refractivity contribution in [2.24, 2.45) is 0 Å². The van der Waals surface area contributed by atoms with E-state index in [-0.39, 0.29) is 5.78 Å². The number of hydrogen-bond acceptors (Lipinski definition) is 3. The van der Waals surface area contributed by atoms with Gasteiger partial charge in [-0.15, -0.1) is 0 Å². The number of ketones is 1. The first-order chi connectivity index (χ1) is 6.11. The fourth-order valence-corrected chi connectivity index (χ4v) is 0.675. The second kappa shape index (κ2) is 5.13. The van der Waals surface area contributed by atoms with Gasteiger partial charge in [-0.3, -0.25) is 9.59 Å². The summed E-state index contributed by atoms with van der Waals surface area (Å²) in [5.74, 6) is -0.630. The SMILES string of the molecule is CC.CC(=O)c1c[nH]c(=O)c(O)c1. The molecular weight excluding hydrogens is 170 g/mol. The topological polar surface area (TPSA) is 70.2 Å². The summed E-state index contributed by atoms with van der Waals surface area (Å²) in [6, 6.07) is 1.14. The van der Waals surface area contributed by atoms with Gasteiger partial charge in [-0.05, 0) is 13.0 Å². The molecule has 0 radical (unpaired) electrons. The summed E-state index contributed by atoms with van der Waals surface area (Å²) in [4.78, 5) is 23.5. The molecule has 0 spiro atoms. The maximum Gasteiger partial charge on any atom is 0.290 e. The number of carbonyl (C=O) groups is 1. The Morgan fingerprint density at radius 3 is 2.38 bits per heavy atom. The monoisotopic (exact) mass is 183 g/mol. The van der Waals surface area contributed by atoms with Gasteiger partial charge in [-0.1, -0.05) is 13.8 Å². The Hall–Kier alpha value is -1.58. The van der Waals surface area contributed by atoms with Crippen molar-refractivity contribution in [1.82, 2.24) is 4.98 Å². The van der Waals surface area contributed by atoms with Gasteiger partial charge in [0.25, 0.3) is 5.56 Å². The van der Waals surface area contributed by atoms with E-state index in [1.807, 2.05) is 13.8 Å². The maximum absolute atomic E-state index is 10.7. The molecule has 0 amide bonds. The molecule has 0 fully saturated rings. The largest absolute Gasteiger partial charge is 0.503 e. The van der Waals surface area contributed by atoms with Crippen molar-refractivity contribution in [2.45, 2.75) is 20.8 Å². The van der Waals surface area contributed by atoms with Gasteiger partial charge in [0, 0.05) is 11.8 Å². The molecule has 2 N–H and O–H groups in total. The summed E-state index contributed by atoms with van der Waals surface area (Å²) in [6.45, 7) is 5.35. The number of carbonyl (C=O) groups excluding carboxylic acids is 1. The Kier molecular flexibility index (Phi) is 4.51. The van der Waals surface area contributed by atoms with Gasteiger partial charge in [0.15, 0.2) is 11.5 Å². The molecule has 1 rings (SSSR count). The molecule has 4 heteroatoms. The molecule has 0 saturated heterocycles. The molecule has 4 nitrogen and oxygen atoms in total. The number of H-pyrrole nitrogens is 1. The highest BCUT2D eigenvalue weighted by Gasteiger charge is 2.01. The molecule has 72 valence electrons. The highest BCUT2D eigenvalue weighted by Crippen LogP contribution is 2.03. The van der Waals surface area contributed by atoms with Gasteiger partial charge in [0.05, 0.1) is 0 Å². The first-order valence-electron chi connectivity index (χ1n) is 4.04. The lowest BCUT2D eigenvalue weighted by Gasteiger charge is -1.93. The molecule has 1 heterocycles. The molecule has 0 aromatic carbocycles. The second-order valence-corrected chi connectivity index (χ2v) is 2.16. The van der Waals surface area contributed by atoms with Gasteiger partial charge < -0.3 is 10.1 Å². The Labute approximate surface area is 76.2 Å². The van der Waals surface area contributed by atoms with Crippen LogP contribution in [-0.2, 0) is 0 Å². The minimum Gasteiger partial charge on any atom is -0.503 e. The normalized spacial score (nSPS) is 8.54. The first kappa shape index (κ1) is 11.4.